The van der Waals surface area contributed by atoms with Crippen LogP contribution in [0.15, 0.2) is 23.8 Å². The maximum absolute atomic E-state index is 12.1. The second kappa shape index (κ2) is 19.0. The third kappa shape index (κ3) is 9.12. The Morgan fingerprint density at radius 2 is 1.58 bits per heavy atom. The van der Waals surface area contributed by atoms with Gasteiger partial charge in [-0.3, -0.25) is 4.55 Å². The van der Waals surface area contributed by atoms with Gasteiger partial charge in [0.05, 0.1) is 44.2 Å². The topological polar surface area (TPSA) is 331 Å². The minimum Gasteiger partial charge on any atom is -0.394 e. The van der Waals surface area contributed by atoms with Gasteiger partial charge in [0.25, 0.3) is 0 Å². The SMILES string of the molecule is C=C(CCC1(O)OC2CC3C4CC=C5CC(O)CC(OC6OCC(OS(=O)(=O)O)C(O)C6OC6OC(C)C(O)C(O)C6O)C5(C)C4CCC3(C)C2C1C)COC1OC(CO)C(O)C(O)C1O. The number of aliphatic hydroxyl groups is 10. The van der Waals surface area contributed by atoms with E-state index in [-0.39, 0.29) is 60.6 Å². The van der Waals surface area contributed by atoms with E-state index in [0.717, 1.165) is 24.8 Å². The standard InChI is InChI=1S/C44H70O21S/c1-18(16-58-39-36(52)35(51)32(48)27(15-45)61-39)8-11-44(54)19(2)30-26(64-44)14-25-23-7-6-21-12-22(46)13-29(43(21,5)24(23)9-10-42(25,30)4)62-41-38(33(49)28(17-59-41)65-66(55,56)57)63-40-37(53)34(50)31(47)20(3)60-40/h6,19-20,22-41,45-54H,1,7-17H2,2-5H3,(H,55,56,57). The molecule has 7 fully saturated rings. The molecule has 0 spiro atoms. The Morgan fingerprint density at radius 3 is 2.27 bits per heavy atom. The van der Waals surface area contributed by atoms with Crippen molar-refractivity contribution in [2.45, 2.75) is 189 Å². The molecule has 8 aliphatic rings. The van der Waals surface area contributed by atoms with Crippen LogP contribution in [-0.4, -0.2) is 194 Å². The lowest BCUT2D eigenvalue weighted by molar-refractivity contribution is -0.361. The van der Waals surface area contributed by atoms with Crippen LogP contribution in [0.4, 0.5) is 0 Å². The van der Waals surface area contributed by atoms with Gasteiger partial charge in [0.2, 0.25) is 0 Å². The largest absolute Gasteiger partial charge is 0.397 e. The van der Waals surface area contributed by atoms with Crippen LogP contribution in [0, 0.1) is 40.4 Å². The monoisotopic (exact) mass is 966 g/mol. The Kier molecular flexibility index (Phi) is 14.7. The van der Waals surface area contributed by atoms with Crippen molar-refractivity contribution in [1.82, 2.24) is 0 Å². The van der Waals surface area contributed by atoms with Gasteiger partial charge in [0, 0.05) is 24.2 Å². The van der Waals surface area contributed by atoms with Crippen molar-refractivity contribution >= 4 is 10.4 Å². The Bertz CT molecular complexity index is 1890. The predicted octanol–water partition coefficient (Wildman–Crippen LogP) is -1.47. The van der Waals surface area contributed by atoms with E-state index in [0.29, 0.717) is 24.8 Å². The predicted molar refractivity (Wildman–Crippen MR) is 223 cm³/mol. The van der Waals surface area contributed by atoms with Crippen molar-refractivity contribution in [2.24, 2.45) is 40.4 Å². The quantitative estimate of drug-likeness (QED) is 0.0741. The van der Waals surface area contributed by atoms with Gasteiger partial charge in [-0.1, -0.05) is 44.6 Å². The molecule has 0 aromatic carbocycles. The summed E-state index contributed by atoms with van der Waals surface area (Å²) >= 11 is 0. The fourth-order valence-electron chi connectivity index (χ4n) is 13.4. The smallest absolute Gasteiger partial charge is 0.394 e. The Morgan fingerprint density at radius 1 is 0.879 bits per heavy atom. The van der Waals surface area contributed by atoms with Crippen molar-refractivity contribution < 1.29 is 101 Å². The molecule has 0 aromatic rings. The van der Waals surface area contributed by atoms with Crippen LogP contribution in [0.25, 0.3) is 0 Å². The number of rotatable bonds is 13. The van der Waals surface area contributed by atoms with Crippen molar-refractivity contribution in [1.29, 1.82) is 0 Å². The van der Waals surface area contributed by atoms with Gasteiger partial charge in [-0.15, -0.1) is 0 Å². The highest BCUT2D eigenvalue weighted by Crippen LogP contribution is 2.70. The molecule has 0 radical (unpaired) electrons. The Hall–Kier alpha value is -1.33. The molecule has 25 atom stereocenters. The number of hydrogen-bond acceptors (Lipinski definition) is 20. The van der Waals surface area contributed by atoms with Gasteiger partial charge in [0.15, 0.2) is 24.7 Å². The van der Waals surface area contributed by atoms with E-state index in [9.17, 15) is 64.0 Å². The van der Waals surface area contributed by atoms with Crippen LogP contribution in [0.1, 0.15) is 79.1 Å². The number of aliphatic hydroxyl groups excluding tert-OH is 9. The van der Waals surface area contributed by atoms with E-state index < -0.39 is 133 Å². The van der Waals surface area contributed by atoms with E-state index >= 15 is 0 Å². The summed E-state index contributed by atoms with van der Waals surface area (Å²) in [5.74, 6) is -1.28. The number of allylic oxidation sites excluding steroid dienone is 1. The van der Waals surface area contributed by atoms with Crippen molar-refractivity contribution in [2.75, 3.05) is 19.8 Å². The summed E-state index contributed by atoms with van der Waals surface area (Å²) in [5.41, 5.74) is 0.722. The van der Waals surface area contributed by atoms with E-state index in [1.54, 1.807) is 0 Å². The van der Waals surface area contributed by atoms with Crippen molar-refractivity contribution in [3.8, 4) is 0 Å². The zero-order chi connectivity index (χ0) is 48.0. The molecule has 4 saturated heterocycles. The molecule has 25 unspecified atom stereocenters. The summed E-state index contributed by atoms with van der Waals surface area (Å²) in [4.78, 5) is 0. The summed E-state index contributed by atoms with van der Waals surface area (Å²) in [7, 11) is -5.08. The molecule has 378 valence electrons. The van der Waals surface area contributed by atoms with Gasteiger partial charge in [-0.05, 0) is 74.5 Å². The summed E-state index contributed by atoms with van der Waals surface area (Å²) in [6.07, 6.45) is -16.6. The van der Waals surface area contributed by atoms with Crippen LogP contribution in [0.2, 0.25) is 0 Å². The summed E-state index contributed by atoms with van der Waals surface area (Å²) < 4.78 is 79.8. The first-order valence-electron chi connectivity index (χ1n) is 23.2. The zero-order valence-electron chi connectivity index (χ0n) is 37.7. The second-order valence-corrected chi connectivity index (χ2v) is 21.8. The third-order valence-corrected chi connectivity index (χ3v) is 17.5. The molecule has 4 aliphatic heterocycles. The van der Waals surface area contributed by atoms with Crippen LogP contribution in [-0.2, 0) is 47.7 Å². The lowest BCUT2D eigenvalue weighted by Crippen LogP contribution is -2.63. The van der Waals surface area contributed by atoms with Crippen molar-refractivity contribution in [3.05, 3.63) is 23.8 Å². The average molecular weight is 967 g/mol. The molecule has 0 aromatic heterocycles. The number of ether oxygens (including phenoxy) is 7. The van der Waals surface area contributed by atoms with Gasteiger partial charge >= 0.3 is 10.4 Å². The molecule has 3 saturated carbocycles. The molecule has 4 heterocycles. The third-order valence-electron chi connectivity index (χ3n) is 17.0. The summed E-state index contributed by atoms with van der Waals surface area (Å²) in [6, 6.07) is 0. The lowest BCUT2D eigenvalue weighted by Gasteiger charge is -2.60. The highest BCUT2D eigenvalue weighted by atomic mass is 32.3. The molecular weight excluding hydrogens is 897 g/mol. The summed E-state index contributed by atoms with van der Waals surface area (Å²) in [5, 5.41) is 107. The maximum atomic E-state index is 12.1. The second-order valence-electron chi connectivity index (χ2n) is 20.7. The molecule has 8 rings (SSSR count). The zero-order valence-corrected chi connectivity index (χ0v) is 38.5. The molecule has 0 bridgehead atoms. The molecule has 66 heavy (non-hydrogen) atoms. The van der Waals surface area contributed by atoms with E-state index in [4.69, 9.17) is 37.3 Å². The molecule has 11 N–H and O–H groups in total. The molecular formula is C44H70O21S. The molecule has 4 aliphatic carbocycles. The van der Waals surface area contributed by atoms with E-state index in [1.807, 2.05) is 6.92 Å². The molecule has 0 amide bonds. The minimum absolute atomic E-state index is 0.0260. The number of fused-ring (bicyclic) bond motifs is 7. The Labute approximate surface area is 384 Å². The Balaban J connectivity index is 0.956. The molecule has 22 heteroatoms. The minimum atomic E-state index is -5.08. The van der Waals surface area contributed by atoms with Crippen molar-refractivity contribution in [3.63, 3.8) is 0 Å². The first kappa shape index (κ1) is 51.0. The van der Waals surface area contributed by atoms with E-state index in [2.05, 4.69) is 26.5 Å². The highest BCUT2D eigenvalue weighted by molar-refractivity contribution is 7.80. The average Bonchev–Trinajstić information content (AvgIpc) is 3.69. The summed E-state index contributed by atoms with van der Waals surface area (Å²) in [6.45, 7) is 10.7. The lowest BCUT2D eigenvalue weighted by atomic mass is 9.46. The van der Waals surface area contributed by atoms with Gasteiger partial charge in [0.1, 0.15) is 61.0 Å². The van der Waals surface area contributed by atoms with Gasteiger partial charge in [-0.2, -0.15) is 8.42 Å². The number of hydrogen-bond donors (Lipinski definition) is 11. The van der Waals surface area contributed by atoms with Crippen LogP contribution < -0.4 is 0 Å². The first-order chi connectivity index (χ1) is 30.9. The van der Waals surface area contributed by atoms with Gasteiger partial charge in [-0.25, -0.2) is 4.18 Å². The molecule has 21 nitrogen and oxygen atoms in total. The van der Waals surface area contributed by atoms with Crippen LogP contribution in [0.5, 0.6) is 0 Å². The van der Waals surface area contributed by atoms with Gasteiger partial charge < -0.3 is 84.2 Å². The first-order valence-corrected chi connectivity index (χ1v) is 24.6. The maximum Gasteiger partial charge on any atom is 0.397 e. The fourth-order valence-corrected chi connectivity index (χ4v) is 13.9. The fraction of sp³-hybridized carbons (Fsp3) is 0.909. The normalized spacial score (nSPS) is 52.7. The van der Waals surface area contributed by atoms with Crippen LogP contribution >= 0.6 is 0 Å². The van der Waals surface area contributed by atoms with E-state index in [1.165, 1.54) is 6.92 Å². The highest BCUT2D eigenvalue weighted by Gasteiger charge is 2.69. The van der Waals surface area contributed by atoms with Crippen LogP contribution in [0.3, 0.4) is 0 Å².